The first kappa shape index (κ1) is 16.8. The van der Waals surface area contributed by atoms with Crippen molar-refractivity contribution in [3.63, 3.8) is 0 Å². The van der Waals surface area contributed by atoms with Gasteiger partial charge in [0.1, 0.15) is 10.8 Å². The maximum Gasteiger partial charge on any atom is 0.303 e. The molecule has 6 heteroatoms. The number of halogens is 2. The van der Waals surface area contributed by atoms with Gasteiger partial charge in [0.05, 0.1) is 10.2 Å². The number of aliphatic carboxylic acids is 1. The molecule has 0 saturated heterocycles. The van der Waals surface area contributed by atoms with E-state index in [2.05, 4.69) is 20.9 Å². The van der Waals surface area contributed by atoms with E-state index in [4.69, 9.17) is 5.11 Å². The van der Waals surface area contributed by atoms with Gasteiger partial charge in [0.15, 0.2) is 0 Å². The molecular formula is C18H13BrFNO2S. The largest absolute Gasteiger partial charge is 0.481 e. The van der Waals surface area contributed by atoms with Gasteiger partial charge in [-0.05, 0) is 42.3 Å². The van der Waals surface area contributed by atoms with E-state index in [1.807, 2.05) is 24.3 Å². The van der Waals surface area contributed by atoms with Gasteiger partial charge in [0, 0.05) is 16.5 Å². The lowest BCUT2D eigenvalue weighted by atomic mass is 10.1. The van der Waals surface area contributed by atoms with Gasteiger partial charge in [-0.15, -0.1) is 11.3 Å². The Bertz CT molecular complexity index is 903. The van der Waals surface area contributed by atoms with Gasteiger partial charge >= 0.3 is 5.97 Å². The second-order valence-electron chi connectivity index (χ2n) is 5.22. The summed E-state index contributed by atoms with van der Waals surface area (Å²) in [7, 11) is 0. The highest BCUT2D eigenvalue weighted by molar-refractivity contribution is 9.10. The number of rotatable bonds is 5. The van der Waals surface area contributed by atoms with Crippen LogP contribution in [-0.2, 0) is 4.79 Å². The van der Waals surface area contributed by atoms with Gasteiger partial charge in [-0.1, -0.05) is 34.1 Å². The summed E-state index contributed by atoms with van der Waals surface area (Å²) in [6, 6.07) is 12.5. The van der Waals surface area contributed by atoms with Crippen molar-refractivity contribution in [2.24, 2.45) is 0 Å². The van der Waals surface area contributed by atoms with E-state index in [9.17, 15) is 9.18 Å². The highest BCUT2D eigenvalue weighted by Gasteiger charge is 2.12. The molecule has 0 radical (unpaired) electrons. The van der Waals surface area contributed by atoms with Crippen molar-refractivity contribution in [1.29, 1.82) is 0 Å². The van der Waals surface area contributed by atoms with Gasteiger partial charge in [-0.3, -0.25) is 4.79 Å². The number of nitrogens with zero attached hydrogens (tertiary/aromatic N) is 1. The van der Waals surface area contributed by atoms with E-state index in [0.29, 0.717) is 16.5 Å². The van der Waals surface area contributed by atoms with Crippen molar-refractivity contribution >= 4 is 55.1 Å². The second kappa shape index (κ2) is 7.23. The van der Waals surface area contributed by atoms with Crippen molar-refractivity contribution in [3.05, 3.63) is 63.3 Å². The molecule has 1 N–H and O–H groups in total. The van der Waals surface area contributed by atoms with Crippen LogP contribution in [0.1, 0.15) is 23.4 Å². The fourth-order valence-electron chi connectivity index (χ4n) is 2.30. The summed E-state index contributed by atoms with van der Waals surface area (Å²) in [5.74, 6) is -1.25. The number of hydrogen-bond donors (Lipinski definition) is 1. The van der Waals surface area contributed by atoms with E-state index in [1.165, 1.54) is 17.4 Å². The van der Waals surface area contributed by atoms with E-state index in [-0.39, 0.29) is 12.2 Å². The Hall–Kier alpha value is -2.05. The molecule has 0 aliphatic carbocycles. The molecule has 0 aliphatic heterocycles. The lowest BCUT2D eigenvalue weighted by molar-refractivity contribution is -0.136. The number of carboxylic acids is 1. The maximum atomic E-state index is 14.1. The van der Waals surface area contributed by atoms with Gasteiger partial charge in [0.2, 0.25) is 0 Å². The van der Waals surface area contributed by atoms with E-state index >= 15 is 0 Å². The number of benzene rings is 2. The molecule has 3 aromatic rings. The standard InChI is InChI=1S/C18H13BrFNO2S/c19-13-7-5-11(14(20)10-13)9-12(6-8-17(22)23)18-21-15-3-1-2-4-16(15)24-18/h1-5,7,9-10H,6,8H2,(H,22,23)/b12-9+. The van der Waals surface area contributed by atoms with Gasteiger partial charge in [-0.25, -0.2) is 9.37 Å². The van der Waals surface area contributed by atoms with Crippen LogP contribution < -0.4 is 0 Å². The molecule has 1 aromatic heterocycles. The summed E-state index contributed by atoms with van der Waals surface area (Å²) in [6.45, 7) is 0. The molecule has 0 bridgehead atoms. The normalized spacial score (nSPS) is 11.8. The lowest BCUT2D eigenvalue weighted by Crippen LogP contribution is -1.96. The minimum atomic E-state index is -0.890. The van der Waals surface area contributed by atoms with Crippen molar-refractivity contribution in [2.45, 2.75) is 12.8 Å². The van der Waals surface area contributed by atoms with Crippen molar-refractivity contribution in [2.75, 3.05) is 0 Å². The third kappa shape index (κ3) is 3.88. The molecule has 0 spiro atoms. The fraction of sp³-hybridized carbons (Fsp3) is 0.111. The third-order valence-corrected chi connectivity index (χ3v) is 5.07. The Morgan fingerprint density at radius 2 is 2.04 bits per heavy atom. The molecule has 3 rings (SSSR count). The van der Waals surface area contributed by atoms with Gasteiger partial charge in [0.25, 0.3) is 0 Å². The van der Waals surface area contributed by atoms with Crippen LogP contribution in [0.15, 0.2) is 46.9 Å². The van der Waals surface area contributed by atoms with Crippen LogP contribution in [-0.4, -0.2) is 16.1 Å². The predicted octanol–water partition coefficient (Wildman–Crippen LogP) is 5.60. The molecule has 122 valence electrons. The maximum absolute atomic E-state index is 14.1. The van der Waals surface area contributed by atoms with Crippen LogP contribution >= 0.6 is 27.3 Å². The number of hydrogen-bond acceptors (Lipinski definition) is 3. The van der Waals surface area contributed by atoms with Crippen molar-refractivity contribution in [3.8, 4) is 0 Å². The van der Waals surface area contributed by atoms with Crippen LogP contribution in [0, 0.1) is 5.82 Å². The summed E-state index contributed by atoms with van der Waals surface area (Å²) in [5.41, 5.74) is 1.99. The fourth-order valence-corrected chi connectivity index (χ4v) is 3.64. The zero-order valence-electron chi connectivity index (χ0n) is 12.5. The van der Waals surface area contributed by atoms with Crippen LogP contribution in [0.5, 0.6) is 0 Å². The molecular weight excluding hydrogens is 393 g/mol. The van der Waals surface area contributed by atoms with Crippen molar-refractivity contribution < 1.29 is 14.3 Å². The summed E-state index contributed by atoms with van der Waals surface area (Å²) in [6.07, 6.45) is 1.95. The first-order chi connectivity index (χ1) is 11.5. The Kier molecular flexibility index (Phi) is 5.06. The molecule has 0 atom stereocenters. The number of para-hydroxylation sites is 1. The molecule has 0 aliphatic rings. The van der Waals surface area contributed by atoms with Gasteiger partial charge < -0.3 is 5.11 Å². The number of carbonyl (C=O) groups is 1. The average Bonchev–Trinajstić information content (AvgIpc) is 2.97. The van der Waals surface area contributed by atoms with Crippen LogP contribution in [0.3, 0.4) is 0 Å². The topological polar surface area (TPSA) is 50.2 Å². The van der Waals surface area contributed by atoms with Gasteiger partial charge in [-0.2, -0.15) is 0 Å². The first-order valence-electron chi connectivity index (χ1n) is 7.26. The number of aromatic nitrogens is 1. The SMILES string of the molecule is O=C(O)CC/C(=C\c1ccc(Br)cc1F)c1nc2ccccc2s1. The minimum Gasteiger partial charge on any atom is -0.481 e. The van der Waals surface area contributed by atoms with E-state index < -0.39 is 5.97 Å². The smallest absolute Gasteiger partial charge is 0.303 e. The van der Waals surface area contributed by atoms with Crippen LogP contribution in [0.4, 0.5) is 4.39 Å². The van der Waals surface area contributed by atoms with E-state index in [0.717, 1.165) is 20.8 Å². The average molecular weight is 406 g/mol. The number of fused-ring (bicyclic) bond motifs is 1. The Morgan fingerprint density at radius 1 is 1.25 bits per heavy atom. The molecule has 2 aromatic carbocycles. The molecule has 0 saturated carbocycles. The lowest BCUT2D eigenvalue weighted by Gasteiger charge is -2.04. The summed E-state index contributed by atoms with van der Waals surface area (Å²) in [4.78, 5) is 15.5. The molecule has 0 amide bonds. The molecule has 0 unspecified atom stereocenters. The van der Waals surface area contributed by atoms with E-state index in [1.54, 1.807) is 18.2 Å². The molecule has 1 heterocycles. The zero-order valence-corrected chi connectivity index (χ0v) is 14.9. The second-order valence-corrected chi connectivity index (χ2v) is 7.16. The predicted molar refractivity (Wildman–Crippen MR) is 98.5 cm³/mol. The highest BCUT2D eigenvalue weighted by atomic mass is 79.9. The third-order valence-electron chi connectivity index (χ3n) is 3.47. The number of thiazole rings is 1. The molecule has 3 nitrogen and oxygen atoms in total. The number of allylic oxidation sites excluding steroid dienone is 1. The van der Waals surface area contributed by atoms with Crippen LogP contribution in [0.25, 0.3) is 21.9 Å². The Balaban J connectivity index is 2.04. The summed E-state index contributed by atoms with van der Waals surface area (Å²) >= 11 is 4.71. The minimum absolute atomic E-state index is 0.0279. The first-order valence-corrected chi connectivity index (χ1v) is 8.87. The summed E-state index contributed by atoms with van der Waals surface area (Å²) < 4.78 is 15.8. The summed E-state index contributed by atoms with van der Waals surface area (Å²) in [5, 5.41) is 9.70. The number of carboxylic acid groups (broad SMARTS) is 1. The van der Waals surface area contributed by atoms with Crippen molar-refractivity contribution in [1.82, 2.24) is 4.98 Å². The Morgan fingerprint density at radius 3 is 2.75 bits per heavy atom. The monoisotopic (exact) mass is 405 g/mol. The molecule has 0 fully saturated rings. The zero-order chi connectivity index (χ0) is 17.1. The highest BCUT2D eigenvalue weighted by Crippen LogP contribution is 2.31. The Labute approximate surface area is 150 Å². The quantitative estimate of drug-likeness (QED) is 0.600. The molecule has 24 heavy (non-hydrogen) atoms. The van der Waals surface area contributed by atoms with Crippen LogP contribution in [0.2, 0.25) is 0 Å².